The van der Waals surface area contributed by atoms with Crippen molar-refractivity contribution in [2.24, 2.45) is 16.1 Å². The Morgan fingerprint density at radius 3 is 2.77 bits per heavy atom. The number of phenolic OH excluding ortho intramolecular Hbond substituents is 1. The second-order valence-electron chi connectivity index (χ2n) is 9.73. The van der Waals surface area contributed by atoms with Crippen LogP contribution in [-0.4, -0.2) is 45.6 Å². The Bertz CT molecular complexity index is 1680. The molecule has 0 bridgehead atoms. The molecule has 0 saturated carbocycles. The number of azo groups is 1. The molecular weight excluding hydrogens is 498 g/mol. The number of nitrogens with one attached hydrogen (secondary N) is 3. The molecule has 3 aliphatic rings. The number of amides is 1. The summed E-state index contributed by atoms with van der Waals surface area (Å²) in [5.41, 5.74) is -0.0509. The van der Waals surface area contributed by atoms with Gasteiger partial charge in [-0.05, 0) is 43.0 Å². The zero-order valence-corrected chi connectivity index (χ0v) is 21.6. The number of phenols is 1. The van der Waals surface area contributed by atoms with Crippen LogP contribution in [0.2, 0.25) is 0 Å². The smallest absolute Gasteiger partial charge is 0.323 e. The van der Waals surface area contributed by atoms with Crippen molar-refractivity contribution >= 4 is 41.9 Å². The third-order valence-corrected chi connectivity index (χ3v) is 6.93. The second-order valence-corrected chi connectivity index (χ2v) is 9.73. The minimum atomic E-state index is -0.626. The first-order valence-corrected chi connectivity index (χ1v) is 13.2. The van der Waals surface area contributed by atoms with E-state index in [0.29, 0.717) is 28.9 Å². The predicted octanol–water partition coefficient (Wildman–Crippen LogP) is 1.06. The van der Waals surface area contributed by atoms with Crippen molar-refractivity contribution in [1.29, 1.82) is 0 Å². The van der Waals surface area contributed by atoms with Crippen molar-refractivity contribution < 1.29 is 19.4 Å². The van der Waals surface area contributed by atoms with Gasteiger partial charge in [-0.3, -0.25) is 9.59 Å². The van der Waals surface area contributed by atoms with Gasteiger partial charge in [0.05, 0.1) is 28.9 Å². The molecular formula is C29H31N5O5. The molecule has 1 aromatic carbocycles. The molecule has 0 aliphatic heterocycles. The molecule has 202 valence electrons. The Kier molecular flexibility index (Phi) is 7.72. The molecule has 10 nitrogen and oxygen atoms in total. The monoisotopic (exact) mass is 529 g/mol. The lowest BCUT2D eigenvalue weighted by Crippen LogP contribution is -2.40. The SMILES string of the molecule is CCCCOC(=O)C1C=CC=CC1/N=N/c1c(O)c(C(=O)NC2C=c3[nH]c(=O)[nH]c3=CC2)cc2c1=CCCC=2. The van der Waals surface area contributed by atoms with Crippen molar-refractivity contribution in [3.05, 3.63) is 67.6 Å². The van der Waals surface area contributed by atoms with Crippen molar-refractivity contribution in [3.63, 3.8) is 0 Å². The number of hydrogen-bond donors (Lipinski definition) is 4. The zero-order chi connectivity index (χ0) is 27.4. The predicted molar refractivity (Wildman–Crippen MR) is 147 cm³/mol. The van der Waals surface area contributed by atoms with Crippen molar-refractivity contribution in [1.82, 2.24) is 15.3 Å². The van der Waals surface area contributed by atoms with Gasteiger partial charge in [-0.15, -0.1) is 0 Å². The highest BCUT2D eigenvalue weighted by molar-refractivity contribution is 5.99. The van der Waals surface area contributed by atoms with E-state index in [4.69, 9.17) is 4.74 Å². The number of hydrogen-bond acceptors (Lipinski definition) is 7. The summed E-state index contributed by atoms with van der Waals surface area (Å²) in [7, 11) is 0. The highest BCUT2D eigenvalue weighted by atomic mass is 16.5. The van der Waals surface area contributed by atoms with Crippen LogP contribution in [0.3, 0.4) is 0 Å². The molecule has 0 spiro atoms. The number of nitrogens with zero attached hydrogens (tertiary/aromatic N) is 2. The summed E-state index contributed by atoms with van der Waals surface area (Å²) in [6.45, 7) is 2.37. The van der Waals surface area contributed by atoms with Crippen LogP contribution in [0.15, 0.2) is 45.4 Å². The summed E-state index contributed by atoms with van der Waals surface area (Å²) in [5.74, 6) is -1.76. The Morgan fingerprint density at radius 2 is 1.92 bits per heavy atom. The molecule has 1 amide bonds. The molecule has 3 aliphatic carbocycles. The summed E-state index contributed by atoms with van der Waals surface area (Å²) >= 11 is 0. The highest BCUT2D eigenvalue weighted by Crippen LogP contribution is 2.28. The number of imidazole rings is 1. The Hall–Kier alpha value is -4.47. The quantitative estimate of drug-likeness (QED) is 0.229. The largest absolute Gasteiger partial charge is 0.505 e. The number of rotatable bonds is 8. The molecule has 1 heterocycles. The molecule has 0 radical (unpaired) electrons. The van der Waals surface area contributed by atoms with Gasteiger partial charge in [-0.2, -0.15) is 10.2 Å². The molecule has 5 rings (SSSR count). The molecule has 4 N–H and O–H groups in total. The number of benzene rings is 1. The standard InChI is InChI=1S/C29H31N5O5/c1-2-3-14-39-28(37)20-10-6-7-11-22(20)33-34-25-19-9-5-4-8-17(19)15-21(26(25)35)27(36)30-18-12-13-23-24(16-18)32-29(38)31-23/h6-11,13,15-16,18,20,22,35H,2-5,12,14H2,1H3,(H,30,36)(H2,31,32,38)/b34-33+. The zero-order valence-electron chi connectivity index (χ0n) is 21.6. The summed E-state index contributed by atoms with van der Waals surface area (Å²) in [4.78, 5) is 42.9. The summed E-state index contributed by atoms with van der Waals surface area (Å²) in [6, 6.07) is 0.683. The summed E-state index contributed by atoms with van der Waals surface area (Å²) in [6.07, 6.45) is 18.4. The van der Waals surface area contributed by atoms with Gasteiger partial charge in [0.1, 0.15) is 17.6 Å². The van der Waals surface area contributed by atoms with Crippen molar-refractivity contribution in [2.45, 2.75) is 51.1 Å². The van der Waals surface area contributed by atoms with E-state index in [9.17, 15) is 19.5 Å². The molecule has 39 heavy (non-hydrogen) atoms. The molecule has 2 aromatic rings. The van der Waals surface area contributed by atoms with Crippen LogP contribution < -0.4 is 32.1 Å². The number of carbonyl (C=O) groups excluding carboxylic acids is 2. The maximum atomic E-state index is 13.3. The van der Waals surface area contributed by atoms with Crippen LogP contribution in [-0.2, 0) is 9.53 Å². The van der Waals surface area contributed by atoms with E-state index in [2.05, 4.69) is 25.5 Å². The van der Waals surface area contributed by atoms with E-state index in [1.165, 1.54) is 0 Å². The molecule has 0 fully saturated rings. The number of fused-ring (bicyclic) bond motifs is 2. The summed E-state index contributed by atoms with van der Waals surface area (Å²) in [5, 5.41) is 25.7. The van der Waals surface area contributed by atoms with Crippen molar-refractivity contribution in [3.8, 4) is 5.75 Å². The number of allylic oxidation sites excluding steroid dienone is 2. The molecule has 1 aromatic heterocycles. The number of aromatic hydroxyl groups is 1. The molecule has 10 heteroatoms. The van der Waals surface area contributed by atoms with E-state index >= 15 is 0 Å². The Labute approximate surface area is 223 Å². The summed E-state index contributed by atoms with van der Waals surface area (Å²) < 4.78 is 5.40. The number of unbranched alkanes of at least 4 members (excludes halogenated alkanes) is 1. The van der Waals surface area contributed by atoms with Gasteiger partial charge in [0, 0.05) is 5.22 Å². The van der Waals surface area contributed by atoms with Crippen LogP contribution in [0.5, 0.6) is 5.75 Å². The number of carbonyl (C=O) groups is 2. The van der Waals surface area contributed by atoms with E-state index in [1.807, 2.05) is 25.2 Å². The average Bonchev–Trinajstić information content (AvgIpc) is 3.31. The first-order valence-electron chi connectivity index (χ1n) is 13.2. The highest BCUT2D eigenvalue weighted by Gasteiger charge is 2.28. The lowest BCUT2D eigenvalue weighted by Gasteiger charge is -2.19. The molecule has 3 unspecified atom stereocenters. The Morgan fingerprint density at radius 1 is 1.13 bits per heavy atom. The van der Waals surface area contributed by atoms with Gasteiger partial charge in [-0.25, -0.2) is 4.79 Å². The van der Waals surface area contributed by atoms with Gasteiger partial charge >= 0.3 is 11.7 Å². The van der Waals surface area contributed by atoms with Crippen LogP contribution in [0, 0.1) is 5.92 Å². The minimum Gasteiger partial charge on any atom is -0.505 e. The maximum Gasteiger partial charge on any atom is 0.323 e. The van der Waals surface area contributed by atoms with E-state index in [1.54, 1.807) is 36.4 Å². The van der Waals surface area contributed by atoms with E-state index in [0.717, 1.165) is 30.9 Å². The fourth-order valence-corrected chi connectivity index (χ4v) is 4.84. The van der Waals surface area contributed by atoms with Crippen molar-refractivity contribution in [2.75, 3.05) is 6.61 Å². The number of esters is 1. The van der Waals surface area contributed by atoms with E-state index in [-0.39, 0.29) is 34.7 Å². The normalized spacial score (nSPS) is 21.1. The fourth-order valence-electron chi connectivity index (χ4n) is 4.84. The first kappa shape index (κ1) is 26.1. The third-order valence-electron chi connectivity index (χ3n) is 6.93. The van der Waals surface area contributed by atoms with Gasteiger partial charge < -0.3 is 25.1 Å². The first-order chi connectivity index (χ1) is 18.9. The Balaban J connectivity index is 1.43. The van der Waals surface area contributed by atoms with Gasteiger partial charge in [0.15, 0.2) is 5.75 Å². The van der Waals surface area contributed by atoms with Gasteiger partial charge in [0.25, 0.3) is 5.91 Å². The lowest BCUT2D eigenvalue weighted by atomic mass is 9.96. The van der Waals surface area contributed by atoms with Crippen LogP contribution in [0.1, 0.15) is 49.4 Å². The number of ether oxygens (including phenoxy) is 1. The lowest BCUT2D eigenvalue weighted by molar-refractivity contribution is -0.147. The third kappa shape index (κ3) is 5.69. The molecule has 0 saturated heterocycles. The van der Waals surface area contributed by atoms with Crippen LogP contribution in [0.25, 0.3) is 24.3 Å². The topological polar surface area (TPSA) is 149 Å². The number of H-pyrrole nitrogens is 2. The molecule has 3 atom stereocenters. The van der Waals surface area contributed by atoms with Gasteiger partial charge in [-0.1, -0.05) is 55.9 Å². The van der Waals surface area contributed by atoms with Gasteiger partial charge in [0.2, 0.25) is 0 Å². The second kappa shape index (κ2) is 11.5. The van der Waals surface area contributed by atoms with E-state index < -0.39 is 17.9 Å². The average molecular weight is 530 g/mol. The number of aromatic amines is 2. The fraction of sp³-hybridized carbons (Fsp3) is 0.345. The number of aromatic nitrogens is 2. The van der Waals surface area contributed by atoms with Crippen LogP contribution in [0.4, 0.5) is 5.69 Å². The maximum absolute atomic E-state index is 13.3. The minimum absolute atomic E-state index is 0.0746. The van der Waals surface area contributed by atoms with Crippen LogP contribution >= 0.6 is 0 Å².